The molecule has 0 radical (unpaired) electrons. The van der Waals surface area contributed by atoms with E-state index in [4.69, 9.17) is 17.0 Å². The Morgan fingerprint density at radius 3 is 2.66 bits per heavy atom. The Balaban J connectivity index is 1.33. The van der Waals surface area contributed by atoms with Gasteiger partial charge >= 0.3 is 0 Å². The molecule has 29 heavy (non-hydrogen) atoms. The molecule has 0 aromatic heterocycles. The fourth-order valence-electron chi connectivity index (χ4n) is 2.98. The molecule has 0 aliphatic rings. The number of nitro groups is 1. The number of nitrogens with zero attached hydrogens (tertiary/aromatic N) is 1. The van der Waals surface area contributed by atoms with Crippen molar-refractivity contribution in [3.05, 3.63) is 76.8 Å². The number of unbranched alkanes of at least 4 members (excludes halogenated alkanes) is 2. The highest BCUT2D eigenvalue weighted by Crippen LogP contribution is 2.23. The first kappa shape index (κ1) is 20.5. The molecule has 0 amide bonds. The van der Waals surface area contributed by atoms with E-state index in [2.05, 4.69) is 28.8 Å². The third-order valence-corrected chi connectivity index (χ3v) is 4.69. The van der Waals surface area contributed by atoms with Crippen LogP contribution in [0.25, 0.3) is 10.8 Å². The highest BCUT2D eigenvalue weighted by atomic mass is 32.1. The molecule has 0 aliphatic heterocycles. The molecule has 0 spiro atoms. The SMILES string of the molecule is O=[N+]([O-])c1cccc(OCCCCCNC(=S)Nc2cccc3ccccc23)c1. The summed E-state index contributed by atoms with van der Waals surface area (Å²) >= 11 is 5.39. The number of anilines is 1. The van der Waals surface area contributed by atoms with Gasteiger partial charge in [-0.3, -0.25) is 10.1 Å². The number of fused-ring (bicyclic) bond motifs is 1. The van der Waals surface area contributed by atoms with Gasteiger partial charge in [-0.1, -0.05) is 42.5 Å². The van der Waals surface area contributed by atoms with E-state index in [1.165, 1.54) is 17.5 Å². The molecule has 3 rings (SSSR count). The van der Waals surface area contributed by atoms with Crippen LogP contribution in [-0.4, -0.2) is 23.2 Å². The van der Waals surface area contributed by atoms with Crippen molar-refractivity contribution in [3.8, 4) is 5.75 Å². The summed E-state index contributed by atoms with van der Waals surface area (Å²) in [5.74, 6) is 0.526. The van der Waals surface area contributed by atoms with E-state index in [0.717, 1.165) is 36.9 Å². The Labute approximate surface area is 175 Å². The van der Waals surface area contributed by atoms with E-state index in [1.54, 1.807) is 12.1 Å². The molecule has 0 saturated carbocycles. The number of non-ortho nitro benzene ring substituents is 1. The summed E-state index contributed by atoms with van der Waals surface area (Å²) < 4.78 is 5.58. The third-order valence-electron chi connectivity index (χ3n) is 4.44. The fourth-order valence-corrected chi connectivity index (χ4v) is 3.20. The fraction of sp³-hybridized carbons (Fsp3) is 0.227. The summed E-state index contributed by atoms with van der Waals surface area (Å²) in [6.45, 7) is 1.30. The molecule has 0 heterocycles. The van der Waals surface area contributed by atoms with Gasteiger partial charge in [0.25, 0.3) is 5.69 Å². The first-order valence-corrected chi connectivity index (χ1v) is 9.94. The van der Waals surface area contributed by atoms with Crippen LogP contribution < -0.4 is 15.4 Å². The van der Waals surface area contributed by atoms with E-state index in [0.29, 0.717) is 17.5 Å². The van der Waals surface area contributed by atoms with Crippen molar-refractivity contribution in [2.45, 2.75) is 19.3 Å². The van der Waals surface area contributed by atoms with Gasteiger partial charge in [0.05, 0.1) is 17.6 Å². The topological polar surface area (TPSA) is 76.4 Å². The second-order valence-electron chi connectivity index (χ2n) is 6.57. The summed E-state index contributed by atoms with van der Waals surface area (Å²) in [7, 11) is 0. The minimum absolute atomic E-state index is 0.0407. The molecular weight excluding hydrogens is 386 g/mol. The molecule has 0 aliphatic carbocycles. The van der Waals surface area contributed by atoms with E-state index in [-0.39, 0.29) is 5.69 Å². The van der Waals surface area contributed by atoms with Crippen LogP contribution in [0.3, 0.4) is 0 Å². The average molecular weight is 410 g/mol. The molecule has 3 aromatic rings. The highest BCUT2D eigenvalue weighted by Gasteiger charge is 2.06. The van der Waals surface area contributed by atoms with E-state index in [1.807, 2.05) is 24.3 Å². The number of thiocarbonyl (C=S) groups is 1. The molecule has 0 unspecified atom stereocenters. The maximum atomic E-state index is 10.8. The molecule has 0 fully saturated rings. The van der Waals surface area contributed by atoms with Crippen LogP contribution in [0.4, 0.5) is 11.4 Å². The van der Waals surface area contributed by atoms with E-state index >= 15 is 0 Å². The zero-order valence-electron chi connectivity index (χ0n) is 16.0. The number of nitro benzene ring substituents is 1. The molecule has 150 valence electrons. The zero-order chi connectivity index (χ0) is 20.5. The van der Waals surface area contributed by atoms with Gasteiger partial charge in [-0.15, -0.1) is 0 Å². The van der Waals surface area contributed by atoms with Gasteiger partial charge < -0.3 is 15.4 Å². The molecule has 3 aromatic carbocycles. The summed E-state index contributed by atoms with van der Waals surface area (Å²) in [6, 6.07) is 20.5. The van der Waals surface area contributed by atoms with E-state index < -0.39 is 4.92 Å². The van der Waals surface area contributed by atoms with Crippen molar-refractivity contribution in [3.63, 3.8) is 0 Å². The Hall–Kier alpha value is -3.19. The lowest BCUT2D eigenvalue weighted by atomic mass is 10.1. The number of nitrogens with one attached hydrogen (secondary N) is 2. The second kappa shape index (κ2) is 10.4. The Morgan fingerprint density at radius 2 is 1.79 bits per heavy atom. The first-order valence-electron chi connectivity index (χ1n) is 9.53. The summed E-state index contributed by atoms with van der Waals surface area (Å²) in [5.41, 5.74) is 1.03. The minimum Gasteiger partial charge on any atom is -0.493 e. The smallest absolute Gasteiger partial charge is 0.273 e. The molecule has 0 saturated heterocycles. The Morgan fingerprint density at radius 1 is 1.00 bits per heavy atom. The number of benzene rings is 3. The number of hydrogen-bond acceptors (Lipinski definition) is 4. The third kappa shape index (κ3) is 6.15. The lowest BCUT2D eigenvalue weighted by molar-refractivity contribution is -0.384. The van der Waals surface area contributed by atoms with Crippen LogP contribution in [0.15, 0.2) is 66.7 Å². The maximum absolute atomic E-state index is 10.8. The number of ether oxygens (including phenoxy) is 1. The monoisotopic (exact) mass is 409 g/mol. The molecule has 2 N–H and O–H groups in total. The summed E-state index contributed by atoms with van der Waals surface area (Å²) in [6.07, 6.45) is 2.79. The van der Waals surface area contributed by atoms with Gasteiger partial charge in [0.1, 0.15) is 5.75 Å². The largest absolute Gasteiger partial charge is 0.493 e. The van der Waals surface area contributed by atoms with Crippen molar-refractivity contribution in [1.82, 2.24) is 5.32 Å². The Kier molecular flexibility index (Phi) is 7.35. The van der Waals surface area contributed by atoms with Crippen LogP contribution >= 0.6 is 12.2 Å². The van der Waals surface area contributed by atoms with Gasteiger partial charge in [0.2, 0.25) is 0 Å². The number of rotatable bonds is 9. The van der Waals surface area contributed by atoms with Crippen LogP contribution in [0.1, 0.15) is 19.3 Å². The summed E-state index contributed by atoms with van der Waals surface area (Å²) in [5, 5.41) is 20.2. The Bertz CT molecular complexity index is 988. The zero-order valence-corrected chi connectivity index (χ0v) is 16.8. The van der Waals surface area contributed by atoms with Crippen LogP contribution in [0.5, 0.6) is 5.75 Å². The van der Waals surface area contributed by atoms with Crippen LogP contribution in [-0.2, 0) is 0 Å². The molecule has 0 atom stereocenters. The normalized spacial score (nSPS) is 10.5. The summed E-state index contributed by atoms with van der Waals surface area (Å²) in [4.78, 5) is 10.3. The average Bonchev–Trinajstić information content (AvgIpc) is 2.73. The van der Waals surface area contributed by atoms with Crippen molar-refractivity contribution >= 4 is 39.5 Å². The first-order chi connectivity index (χ1) is 14.1. The van der Waals surface area contributed by atoms with Crippen molar-refractivity contribution in [2.24, 2.45) is 0 Å². The van der Waals surface area contributed by atoms with Gasteiger partial charge in [-0.25, -0.2) is 0 Å². The maximum Gasteiger partial charge on any atom is 0.273 e. The second-order valence-corrected chi connectivity index (χ2v) is 6.98. The van der Waals surface area contributed by atoms with Crippen LogP contribution in [0.2, 0.25) is 0 Å². The number of hydrogen-bond donors (Lipinski definition) is 2. The predicted molar refractivity (Wildman–Crippen MR) is 121 cm³/mol. The standard InChI is InChI=1S/C22H23N3O3S/c26-25(27)18-10-7-11-19(16-18)28-15-5-1-4-14-23-22(29)24-21-13-6-9-17-8-2-3-12-20(17)21/h2-3,6-13,16H,1,4-5,14-15H2,(H2,23,24,29). The molecule has 6 nitrogen and oxygen atoms in total. The molecule has 7 heteroatoms. The van der Waals surface area contributed by atoms with Crippen LogP contribution in [0, 0.1) is 10.1 Å². The highest BCUT2D eigenvalue weighted by molar-refractivity contribution is 7.80. The lowest BCUT2D eigenvalue weighted by Gasteiger charge is -2.12. The van der Waals surface area contributed by atoms with Gasteiger partial charge in [0.15, 0.2) is 5.11 Å². The van der Waals surface area contributed by atoms with Gasteiger partial charge in [-0.05, 0) is 49.0 Å². The lowest BCUT2D eigenvalue weighted by Crippen LogP contribution is -2.29. The quantitative estimate of drug-likeness (QED) is 0.217. The minimum atomic E-state index is -0.423. The van der Waals surface area contributed by atoms with Crippen molar-refractivity contribution in [2.75, 3.05) is 18.5 Å². The van der Waals surface area contributed by atoms with Crippen molar-refractivity contribution < 1.29 is 9.66 Å². The van der Waals surface area contributed by atoms with Gasteiger partial charge in [-0.2, -0.15) is 0 Å². The molecular formula is C22H23N3O3S. The molecule has 0 bridgehead atoms. The van der Waals surface area contributed by atoms with Gasteiger partial charge in [0, 0.05) is 23.7 Å². The van der Waals surface area contributed by atoms with Crippen molar-refractivity contribution in [1.29, 1.82) is 0 Å². The predicted octanol–water partition coefficient (Wildman–Crippen LogP) is 5.28. The van der Waals surface area contributed by atoms with E-state index in [9.17, 15) is 10.1 Å².